The summed E-state index contributed by atoms with van der Waals surface area (Å²) in [5.74, 6) is 0.286. The quantitative estimate of drug-likeness (QED) is 0.926. The molecule has 1 N–H and O–H groups in total. The Morgan fingerprint density at radius 3 is 2.80 bits per heavy atom. The Hall–Kier alpha value is -1.36. The van der Waals surface area contributed by atoms with Crippen molar-refractivity contribution in [3.8, 4) is 0 Å². The highest BCUT2D eigenvalue weighted by Gasteiger charge is 2.29. The van der Waals surface area contributed by atoms with E-state index in [0.717, 1.165) is 18.5 Å². The number of amides is 1. The van der Waals surface area contributed by atoms with Crippen LogP contribution in [0.5, 0.6) is 0 Å². The lowest BCUT2D eigenvalue weighted by Crippen LogP contribution is -2.17. The molecule has 1 aliphatic heterocycles. The number of sulfone groups is 1. The summed E-state index contributed by atoms with van der Waals surface area (Å²) < 4.78 is 22.8. The number of aryl methyl sites for hydroxylation is 2. The summed E-state index contributed by atoms with van der Waals surface area (Å²) in [5.41, 5.74) is 3.53. The average molecular weight is 293 g/mol. The lowest BCUT2D eigenvalue weighted by molar-refractivity contribution is -0.116. The van der Waals surface area contributed by atoms with Gasteiger partial charge in [-0.05, 0) is 54.9 Å². The molecule has 1 saturated heterocycles. The first-order chi connectivity index (χ1) is 9.52. The van der Waals surface area contributed by atoms with E-state index in [1.165, 1.54) is 17.5 Å². The number of hydrogen-bond donors (Lipinski definition) is 1. The minimum atomic E-state index is -2.90. The minimum absolute atomic E-state index is 0.0190. The van der Waals surface area contributed by atoms with Gasteiger partial charge in [0.25, 0.3) is 0 Å². The van der Waals surface area contributed by atoms with Crippen molar-refractivity contribution in [1.82, 2.24) is 0 Å². The number of fused-ring (bicyclic) bond motifs is 1. The van der Waals surface area contributed by atoms with Gasteiger partial charge in [-0.15, -0.1) is 0 Å². The van der Waals surface area contributed by atoms with Crippen molar-refractivity contribution in [2.75, 3.05) is 16.8 Å². The molecule has 0 radical (unpaired) electrons. The Kier molecular flexibility index (Phi) is 3.54. The highest BCUT2D eigenvalue weighted by molar-refractivity contribution is 7.91. The molecular formula is C15H19NO3S. The molecule has 1 aromatic rings. The second-order valence-electron chi connectivity index (χ2n) is 5.86. The summed E-state index contributed by atoms with van der Waals surface area (Å²) >= 11 is 0. The first-order valence-electron chi connectivity index (χ1n) is 7.14. The maximum atomic E-state index is 12.0. The SMILES string of the molecule is O=C(CC1CCS(=O)(=O)C1)Nc1ccc2c(c1)CCC2. The van der Waals surface area contributed by atoms with Gasteiger partial charge in [-0.2, -0.15) is 0 Å². The monoisotopic (exact) mass is 293 g/mol. The first-order valence-corrected chi connectivity index (χ1v) is 8.96. The second kappa shape index (κ2) is 5.20. The Bertz CT molecular complexity index is 637. The summed E-state index contributed by atoms with van der Waals surface area (Å²) in [6, 6.07) is 6.07. The van der Waals surface area contributed by atoms with Crippen LogP contribution in [0.2, 0.25) is 0 Å². The van der Waals surface area contributed by atoms with E-state index in [1.807, 2.05) is 12.1 Å². The number of nitrogens with one attached hydrogen (secondary N) is 1. The molecule has 2 aliphatic rings. The van der Waals surface area contributed by atoms with Crippen LogP contribution in [0, 0.1) is 5.92 Å². The summed E-state index contributed by atoms with van der Waals surface area (Å²) in [6.45, 7) is 0. The van der Waals surface area contributed by atoms with Crippen LogP contribution in [-0.2, 0) is 27.5 Å². The fraction of sp³-hybridized carbons (Fsp3) is 0.533. The summed E-state index contributed by atoms with van der Waals surface area (Å²) in [4.78, 5) is 12.0. The lowest BCUT2D eigenvalue weighted by Gasteiger charge is -2.10. The van der Waals surface area contributed by atoms with Crippen molar-refractivity contribution in [3.63, 3.8) is 0 Å². The van der Waals surface area contributed by atoms with Crippen molar-refractivity contribution >= 4 is 21.4 Å². The molecule has 1 fully saturated rings. The molecule has 20 heavy (non-hydrogen) atoms. The van der Waals surface area contributed by atoms with Crippen LogP contribution in [0.3, 0.4) is 0 Å². The van der Waals surface area contributed by atoms with Gasteiger partial charge in [-0.3, -0.25) is 4.79 Å². The van der Waals surface area contributed by atoms with Crippen LogP contribution in [-0.4, -0.2) is 25.8 Å². The minimum Gasteiger partial charge on any atom is -0.326 e. The van der Waals surface area contributed by atoms with Crippen molar-refractivity contribution < 1.29 is 13.2 Å². The predicted octanol–water partition coefficient (Wildman–Crippen LogP) is 1.94. The molecule has 5 heteroatoms. The molecule has 1 aromatic carbocycles. The number of carbonyl (C=O) groups is 1. The Morgan fingerprint density at radius 2 is 2.05 bits per heavy atom. The van der Waals surface area contributed by atoms with Crippen LogP contribution >= 0.6 is 0 Å². The molecular weight excluding hydrogens is 274 g/mol. The normalized spacial score (nSPS) is 23.5. The standard InChI is InChI=1S/C15H19NO3S/c17-15(8-11-6-7-20(18,19)10-11)16-14-5-4-12-2-1-3-13(12)9-14/h4-5,9,11H,1-3,6-8,10H2,(H,16,17). The average Bonchev–Trinajstić information content (AvgIpc) is 2.95. The van der Waals surface area contributed by atoms with E-state index in [1.54, 1.807) is 0 Å². The number of carbonyl (C=O) groups excluding carboxylic acids is 1. The highest BCUT2D eigenvalue weighted by atomic mass is 32.2. The second-order valence-corrected chi connectivity index (χ2v) is 8.09. The van der Waals surface area contributed by atoms with E-state index in [9.17, 15) is 13.2 Å². The predicted molar refractivity (Wildman–Crippen MR) is 78.5 cm³/mol. The molecule has 1 atom stereocenters. The van der Waals surface area contributed by atoms with Crippen LogP contribution in [0.1, 0.15) is 30.4 Å². The molecule has 108 valence electrons. The van der Waals surface area contributed by atoms with Crippen LogP contribution in [0.25, 0.3) is 0 Å². The number of rotatable bonds is 3. The molecule has 1 heterocycles. The Morgan fingerprint density at radius 1 is 1.25 bits per heavy atom. The van der Waals surface area contributed by atoms with E-state index in [2.05, 4.69) is 11.4 Å². The molecule has 1 unspecified atom stereocenters. The van der Waals surface area contributed by atoms with E-state index in [4.69, 9.17) is 0 Å². The zero-order valence-electron chi connectivity index (χ0n) is 11.4. The van der Waals surface area contributed by atoms with E-state index in [0.29, 0.717) is 12.8 Å². The third-order valence-corrected chi connectivity index (χ3v) is 6.02. The van der Waals surface area contributed by atoms with Crippen LogP contribution in [0.4, 0.5) is 5.69 Å². The highest BCUT2D eigenvalue weighted by Crippen LogP contribution is 2.26. The first kappa shape index (κ1) is 13.6. The van der Waals surface area contributed by atoms with Gasteiger partial charge in [0.2, 0.25) is 5.91 Å². The van der Waals surface area contributed by atoms with Crippen molar-refractivity contribution in [1.29, 1.82) is 0 Å². The largest absolute Gasteiger partial charge is 0.326 e. The molecule has 0 spiro atoms. The topological polar surface area (TPSA) is 63.2 Å². The zero-order chi connectivity index (χ0) is 14.2. The zero-order valence-corrected chi connectivity index (χ0v) is 12.2. The molecule has 4 nitrogen and oxygen atoms in total. The molecule has 1 aliphatic carbocycles. The maximum Gasteiger partial charge on any atom is 0.224 e. The molecule has 0 aromatic heterocycles. The van der Waals surface area contributed by atoms with Gasteiger partial charge >= 0.3 is 0 Å². The van der Waals surface area contributed by atoms with Gasteiger partial charge in [-0.1, -0.05) is 6.07 Å². The molecule has 0 saturated carbocycles. The van der Waals surface area contributed by atoms with Crippen molar-refractivity contribution in [2.24, 2.45) is 5.92 Å². The number of benzene rings is 1. The van der Waals surface area contributed by atoms with Crippen LogP contribution in [0.15, 0.2) is 18.2 Å². The number of anilines is 1. The molecule has 1 amide bonds. The van der Waals surface area contributed by atoms with Gasteiger partial charge in [0.15, 0.2) is 9.84 Å². The van der Waals surface area contributed by atoms with Crippen LogP contribution < -0.4 is 5.32 Å². The summed E-state index contributed by atoms with van der Waals surface area (Å²) in [5, 5.41) is 2.89. The lowest BCUT2D eigenvalue weighted by atomic mass is 10.0. The Balaban J connectivity index is 1.59. The Labute approximate surface area is 119 Å². The number of hydrogen-bond acceptors (Lipinski definition) is 3. The van der Waals surface area contributed by atoms with Gasteiger partial charge in [-0.25, -0.2) is 8.42 Å². The van der Waals surface area contributed by atoms with Crippen molar-refractivity contribution in [3.05, 3.63) is 29.3 Å². The van der Waals surface area contributed by atoms with Gasteiger partial charge in [0.05, 0.1) is 11.5 Å². The molecule has 0 bridgehead atoms. The van der Waals surface area contributed by atoms with Crippen molar-refractivity contribution in [2.45, 2.75) is 32.1 Å². The summed E-state index contributed by atoms with van der Waals surface area (Å²) in [7, 11) is -2.90. The molecule has 3 rings (SSSR count). The summed E-state index contributed by atoms with van der Waals surface area (Å²) in [6.07, 6.45) is 4.31. The van der Waals surface area contributed by atoms with E-state index >= 15 is 0 Å². The third-order valence-electron chi connectivity index (χ3n) is 4.18. The van der Waals surface area contributed by atoms with E-state index in [-0.39, 0.29) is 23.3 Å². The smallest absolute Gasteiger partial charge is 0.224 e. The van der Waals surface area contributed by atoms with Gasteiger partial charge in [0, 0.05) is 12.1 Å². The third kappa shape index (κ3) is 3.03. The van der Waals surface area contributed by atoms with Gasteiger partial charge in [0.1, 0.15) is 0 Å². The van der Waals surface area contributed by atoms with E-state index < -0.39 is 9.84 Å². The maximum absolute atomic E-state index is 12.0. The fourth-order valence-electron chi connectivity index (χ4n) is 3.16. The van der Waals surface area contributed by atoms with Gasteiger partial charge < -0.3 is 5.32 Å². The fourth-order valence-corrected chi connectivity index (χ4v) is 5.02.